The third-order valence-corrected chi connectivity index (χ3v) is 4.29. The second-order valence-corrected chi connectivity index (χ2v) is 7.32. The Hall–Kier alpha value is -0.450. The predicted octanol–water partition coefficient (Wildman–Crippen LogP) is 3.50. The van der Waals surface area contributed by atoms with Crippen LogP contribution in [0.15, 0.2) is 22.9 Å². The summed E-state index contributed by atoms with van der Waals surface area (Å²) in [7, 11) is 0. The van der Waals surface area contributed by atoms with Crippen molar-refractivity contribution in [2.75, 3.05) is 6.54 Å². The third-order valence-electron chi connectivity index (χ3n) is 3.86. The summed E-state index contributed by atoms with van der Waals surface area (Å²) in [5.41, 5.74) is 7.80. The molecule has 1 saturated heterocycles. The minimum Gasteiger partial charge on any atom is -0.326 e. The Labute approximate surface area is 124 Å². The molecule has 1 aliphatic heterocycles. The van der Waals surface area contributed by atoms with Crippen molar-refractivity contribution in [2.24, 2.45) is 5.73 Å². The average molecular weight is 326 g/mol. The summed E-state index contributed by atoms with van der Waals surface area (Å²) in [6.45, 7) is 7.91. The summed E-state index contributed by atoms with van der Waals surface area (Å²) >= 11 is 3.52. The molecule has 4 heteroatoms. The summed E-state index contributed by atoms with van der Waals surface area (Å²) in [6, 6.07) is 2.59. The Bertz CT molecular complexity index is 428. The van der Waals surface area contributed by atoms with E-state index in [9.17, 15) is 0 Å². The molecule has 19 heavy (non-hydrogen) atoms. The van der Waals surface area contributed by atoms with E-state index in [1.54, 1.807) is 0 Å². The topological polar surface area (TPSA) is 42.1 Å². The van der Waals surface area contributed by atoms with Crippen LogP contribution in [0.3, 0.4) is 0 Å². The van der Waals surface area contributed by atoms with Gasteiger partial charge in [-0.3, -0.25) is 9.88 Å². The number of likely N-dealkylation sites (tertiary alicyclic amines) is 1. The van der Waals surface area contributed by atoms with Crippen molar-refractivity contribution in [3.63, 3.8) is 0 Å². The predicted molar refractivity (Wildman–Crippen MR) is 83.0 cm³/mol. The Morgan fingerprint density at radius 2 is 2.05 bits per heavy atom. The largest absolute Gasteiger partial charge is 0.326 e. The van der Waals surface area contributed by atoms with Crippen molar-refractivity contribution in [3.05, 3.63) is 28.5 Å². The summed E-state index contributed by atoms with van der Waals surface area (Å²) in [5.74, 6) is 0. The number of halogens is 1. The van der Waals surface area contributed by atoms with E-state index in [2.05, 4.69) is 52.7 Å². The van der Waals surface area contributed by atoms with E-state index >= 15 is 0 Å². The molecule has 2 N–H and O–H groups in total. The Kier molecular flexibility index (Phi) is 4.64. The molecule has 0 aromatic carbocycles. The number of nitrogens with two attached hydrogens (primary N) is 1. The monoisotopic (exact) mass is 325 g/mol. The van der Waals surface area contributed by atoms with Crippen molar-refractivity contribution in [2.45, 2.75) is 57.7 Å². The minimum atomic E-state index is 0.120. The molecule has 0 bridgehead atoms. The van der Waals surface area contributed by atoms with E-state index in [-0.39, 0.29) is 17.6 Å². The van der Waals surface area contributed by atoms with E-state index in [1.807, 2.05) is 12.4 Å². The van der Waals surface area contributed by atoms with Crippen LogP contribution in [0.1, 0.15) is 51.6 Å². The van der Waals surface area contributed by atoms with Crippen LogP contribution in [0.25, 0.3) is 0 Å². The molecule has 0 saturated carbocycles. The molecular weight excluding hydrogens is 302 g/mol. The van der Waals surface area contributed by atoms with Gasteiger partial charge in [-0.1, -0.05) is 6.42 Å². The maximum absolute atomic E-state index is 6.46. The van der Waals surface area contributed by atoms with Gasteiger partial charge in [0.1, 0.15) is 0 Å². The number of aromatic nitrogens is 1. The Balaban J connectivity index is 2.40. The van der Waals surface area contributed by atoms with Gasteiger partial charge in [-0.05, 0) is 67.7 Å². The van der Waals surface area contributed by atoms with Crippen LogP contribution >= 0.6 is 15.9 Å². The fourth-order valence-electron chi connectivity index (χ4n) is 2.96. The molecule has 1 aliphatic rings. The molecule has 2 atom stereocenters. The lowest BCUT2D eigenvalue weighted by molar-refractivity contribution is 0.0753. The quantitative estimate of drug-likeness (QED) is 0.859. The molecule has 0 radical (unpaired) electrons. The second kappa shape index (κ2) is 5.90. The van der Waals surface area contributed by atoms with E-state index in [0.717, 1.165) is 17.4 Å². The molecule has 2 rings (SSSR count). The van der Waals surface area contributed by atoms with E-state index in [1.165, 1.54) is 18.4 Å². The van der Waals surface area contributed by atoms with Crippen molar-refractivity contribution in [1.82, 2.24) is 9.88 Å². The zero-order valence-electron chi connectivity index (χ0n) is 12.1. The van der Waals surface area contributed by atoms with Crippen molar-refractivity contribution in [1.29, 1.82) is 0 Å². The third kappa shape index (κ3) is 3.56. The van der Waals surface area contributed by atoms with Crippen LogP contribution < -0.4 is 5.73 Å². The zero-order chi connectivity index (χ0) is 14.0. The van der Waals surface area contributed by atoms with Crippen LogP contribution in [0.4, 0.5) is 0 Å². The second-order valence-electron chi connectivity index (χ2n) is 6.41. The first-order valence-electron chi connectivity index (χ1n) is 7.02. The molecule has 1 fully saturated rings. The summed E-state index contributed by atoms with van der Waals surface area (Å²) in [5, 5.41) is 0. The van der Waals surface area contributed by atoms with Gasteiger partial charge in [0.15, 0.2) is 0 Å². The first kappa shape index (κ1) is 14.9. The number of rotatable bonds is 1. The van der Waals surface area contributed by atoms with Gasteiger partial charge in [-0.2, -0.15) is 0 Å². The van der Waals surface area contributed by atoms with Crippen molar-refractivity contribution < 1.29 is 0 Å². The fraction of sp³-hybridized carbons (Fsp3) is 0.667. The van der Waals surface area contributed by atoms with Gasteiger partial charge in [0.2, 0.25) is 0 Å². The van der Waals surface area contributed by atoms with Gasteiger partial charge in [-0.15, -0.1) is 0 Å². The standard InChI is InChI=1S/C15H24BrN3/c1-15(2,3)19-7-5-4-6-13(17)14(19)11-8-12(16)10-18-9-11/h8-10,13-14H,4-7,17H2,1-3H3. The SMILES string of the molecule is CC(C)(C)N1CCCCC(N)C1c1cncc(Br)c1. The van der Waals surface area contributed by atoms with E-state index in [4.69, 9.17) is 5.73 Å². The average Bonchev–Trinajstić information content (AvgIpc) is 2.50. The zero-order valence-corrected chi connectivity index (χ0v) is 13.7. The highest BCUT2D eigenvalue weighted by atomic mass is 79.9. The van der Waals surface area contributed by atoms with Gasteiger partial charge in [0.25, 0.3) is 0 Å². The molecule has 0 amide bonds. The van der Waals surface area contributed by atoms with Gasteiger partial charge >= 0.3 is 0 Å². The Morgan fingerprint density at radius 1 is 1.32 bits per heavy atom. The summed E-state index contributed by atoms with van der Waals surface area (Å²) in [4.78, 5) is 6.85. The van der Waals surface area contributed by atoms with Crippen molar-refractivity contribution in [3.8, 4) is 0 Å². The van der Waals surface area contributed by atoms with Crippen LogP contribution in [0.5, 0.6) is 0 Å². The lowest BCUT2D eigenvalue weighted by Crippen LogP contribution is -2.49. The molecule has 3 nitrogen and oxygen atoms in total. The van der Waals surface area contributed by atoms with Crippen LogP contribution in [-0.2, 0) is 0 Å². The maximum Gasteiger partial charge on any atom is 0.0519 e. The maximum atomic E-state index is 6.46. The van der Waals surface area contributed by atoms with Crippen molar-refractivity contribution >= 4 is 15.9 Å². The smallest absolute Gasteiger partial charge is 0.0519 e. The number of nitrogens with zero attached hydrogens (tertiary/aromatic N) is 2. The van der Waals surface area contributed by atoms with Crippen LogP contribution in [0.2, 0.25) is 0 Å². The highest BCUT2D eigenvalue weighted by molar-refractivity contribution is 9.10. The van der Waals surface area contributed by atoms with Gasteiger partial charge in [-0.25, -0.2) is 0 Å². The summed E-state index contributed by atoms with van der Waals surface area (Å²) in [6.07, 6.45) is 7.31. The number of pyridine rings is 1. The number of hydrogen-bond donors (Lipinski definition) is 1. The molecule has 2 heterocycles. The van der Waals surface area contributed by atoms with Crippen LogP contribution in [0, 0.1) is 0 Å². The normalized spacial score (nSPS) is 26.2. The van der Waals surface area contributed by atoms with Crippen LogP contribution in [-0.4, -0.2) is 28.0 Å². The molecule has 0 spiro atoms. The number of hydrogen-bond acceptors (Lipinski definition) is 3. The van der Waals surface area contributed by atoms with Gasteiger partial charge in [0, 0.05) is 28.4 Å². The first-order valence-corrected chi connectivity index (χ1v) is 7.81. The molecule has 2 unspecified atom stereocenters. The van der Waals surface area contributed by atoms with Gasteiger partial charge < -0.3 is 5.73 Å². The molecule has 0 aliphatic carbocycles. The van der Waals surface area contributed by atoms with E-state index < -0.39 is 0 Å². The lowest BCUT2D eigenvalue weighted by atomic mass is 9.93. The summed E-state index contributed by atoms with van der Waals surface area (Å²) < 4.78 is 1.02. The fourth-order valence-corrected chi connectivity index (χ4v) is 3.34. The minimum absolute atomic E-state index is 0.120. The highest BCUT2D eigenvalue weighted by Gasteiger charge is 2.35. The molecule has 1 aromatic rings. The first-order chi connectivity index (χ1) is 8.89. The van der Waals surface area contributed by atoms with E-state index in [0.29, 0.717) is 0 Å². The Morgan fingerprint density at radius 3 is 2.68 bits per heavy atom. The molecular formula is C15H24BrN3. The highest BCUT2D eigenvalue weighted by Crippen LogP contribution is 2.35. The molecule has 106 valence electrons. The van der Waals surface area contributed by atoms with Gasteiger partial charge in [0.05, 0.1) is 6.04 Å². The molecule has 1 aromatic heterocycles. The lowest BCUT2D eigenvalue weighted by Gasteiger charge is -2.43.